The lowest BCUT2D eigenvalue weighted by Crippen LogP contribution is -2.18. The monoisotopic (exact) mass is 316 g/mol. The van der Waals surface area contributed by atoms with Crippen LogP contribution in [0.15, 0.2) is 42.5 Å². The molecule has 120 valence electrons. The van der Waals surface area contributed by atoms with Crippen LogP contribution >= 0.6 is 0 Å². The lowest BCUT2D eigenvalue weighted by molar-refractivity contribution is -0.132. The van der Waals surface area contributed by atoms with Gasteiger partial charge in [-0.3, -0.25) is 5.41 Å². The number of benzene rings is 2. The third kappa shape index (κ3) is 3.85. The minimum atomic E-state index is -0.733. The summed E-state index contributed by atoms with van der Waals surface area (Å²) in [6.07, 6.45) is 0. The van der Waals surface area contributed by atoms with Gasteiger partial charge in [0, 0.05) is 12.1 Å². The molecule has 0 aliphatic rings. The highest BCUT2D eigenvalue weighted by atomic mass is 19.1. The van der Waals surface area contributed by atoms with Crippen LogP contribution in [-0.4, -0.2) is 25.9 Å². The molecule has 2 aromatic rings. The minimum Gasteiger partial charge on any atom is -0.495 e. The molecule has 5 nitrogen and oxygen atoms in total. The first kappa shape index (κ1) is 16.5. The highest BCUT2D eigenvalue weighted by Crippen LogP contribution is 2.29. The van der Waals surface area contributed by atoms with E-state index in [0.29, 0.717) is 23.5 Å². The summed E-state index contributed by atoms with van der Waals surface area (Å²) in [5, 5.41) is 11.1. The molecule has 0 atom stereocenters. The number of rotatable bonds is 6. The van der Waals surface area contributed by atoms with Crippen LogP contribution in [0.1, 0.15) is 11.1 Å². The van der Waals surface area contributed by atoms with Gasteiger partial charge in [0.05, 0.1) is 19.9 Å². The summed E-state index contributed by atoms with van der Waals surface area (Å²) in [6.45, 7) is 0.391. The van der Waals surface area contributed by atoms with Crippen molar-refractivity contribution in [2.24, 2.45) is 0 Å². The van der Waals surface area contributed by atoms with Crippen LogP contribution in [-0.2, 0) is 16.1 Å². The van der Waals surface area contributed by atoms with Gasteiger partial charge in [-0.25, -0.2) is 9.18 Å². The zero-order valence-electron chi connectivity index (χ0n) is 12.9. The van der Waals surface area contributed by atoms with E-state index < -0.39 is 5.97 Å². The number of hydrogen-bond donors (Lipinski definition) is 2. The van der Waals surface area contributed by atoms with E-state index in [9.17, 15) is 9.18 Å². The molecular formula is C17H17FN2O3. The summed E-state index contributed by atoms with van der Waals surface area (Å²) < 4.78 is 22.8. The zero-order chi connectivity index (χ0) is 16.8. The van der Waals surface area contributed by atoms with Gasteiger partial charge in [-0.05, 0) is 23.8 Å². The Morgan fingerprint density at radius 1 is 1.17 bits per heavy atom. The number of hydrogen-bond acceptors (Lipinski definition) is 5. The molecule has 0 saturated carbocycles. The van der Waals surface area contributed by atoms with Crippen molar-refractivity contribution in [3.63, 3.8) is 0 Å². The molecule has 0 unspecified atom stereocenters. The molecule has 6 heteroatoms. The van der Waals surface area contributed by atoms with Gasteiger partial charge in [-0.2, -0.15) is 0 Å². The van der Waals surface area contributed by atoms with Crippen molar-refractivity contribution in [1.29, 1.82) is 5.41 Å². The number of methoxy groups -OCH3 is 2. The highest BCUT2D eigenvalue weighted by Gasteiger charge is 2.18. The van der Waals surface area contributed by atoms with Crippen LogP contribution in [0.25, 0.3) is 0 Å². The molecule has 0 saturated heterocycles. The maximum absolute atomic E-state index is 12.9. The van der Waals surface area contributed by atoms with E-state index in [1.54, 1.807) is 30.3 Å². The summed E-state index contributed by atoms with van der Waals surface area (Å²) in [6, 6.07) is 11.1. The van der Waals surface area contributed by atoms with E-state index >= 15 is 0 Å². The van der Waals surface area contributed by atoms with E-state index in [1.807, 2.05) is 0 Å². The Kier molecular flexibility index (Phi) is 5.30. The van der Waals surface area contributed by atoms with Gasteiger partial charge >= 0.3 is 5.97 Å². The number of para-hydroxylation sites is 1. The Balaban J connectivity index is 2.29. The number of anilines is 1. The normalized spacial score (nSPS) is 10.0. The zero-order valence-corrected chi connectivity index (χ0v) is 12.9. The molecular weight excluding hydrogens is 299 g/mol. The Labute approximate surface area is 133 Å². The molecule has 0 amide bonds. The third-order valence-electron chi connectivity index (χ3n) is 3.29. The number of nitrogens with one attached hydrogen (secondary N) is 2. The summed E-state index contributed by atoms with van der Waals surface area (Å²) in [5.41, 5.74) is 1.47. The molecule has 0 bridgehead atoms. The Morgan fingerprint density at radius 2 is 1.87 bits per heavy atom. The second-order valence-electron chi connectivity index (χ2n) is 4.73. The van der Waals surface area contributed by atoms with Crippen molar-refractivity contribution in [1.82, 2.24) is 0 Å². The van der Waals surface area contributed by atoms with Gasteiger partial charge in [0.2, 0.25) is 0 Å². The van der Waals surface area contributed by atoms with Gasteiger partial charge in [-0.15, -0.1) is 0 Å². The van der Waals surface area contributed by atoms with Crippen molar-refractivity contribution in [2.45, 2.75) is 6.54 Å². The standard InChI is InChI=1S/C17H17FN2O3/c1-22-14-5-3-4-13(15(19)17(21)23-2)16(14)20-10-11-6-8-12(18)9-7-11/h3-9,19-20H,10H2,1-2H3. The van der Waals surface area contributed by atoms with Crippen molar-refractivity contribution >= 4 is 17.4 Å². The van der Waals surface area contributed by atoms with Crippen LogP contribution in [0.2, 0.25) is 0 Å². The number of carbonyl (C=O) groups excluding carboxylic acids is 1. The van der Waals surface area contributed by atoms with E-state index in [0.717, 1.165) is 5.56 Å². The molecule has 0 radical (unpaired) electrons. The smallest absolute Gasteiger partial charge is 0.356 e. The number of halogens is 1. The van der Waals surface area contributed by atoms with Crippen molar-refractivity contribution in [3.05, 3.63) is 59.4 Å². The highest BCUT2D eigenvalue weighted by molar-refractivity contribution is 6.43. The van der Waals surface area contributed by atoms with Crippen LogP contribution < -0.4 is 10.1 Å². The largest absolute Gasteiger partial charge is 0.495 e. The van der Waals surface area contributed by atoms with E-state index in [1.165, 1.54) is 26.4 Å². The van der Waals surface area contributed by atoms with Crippen molar-refractivity contribution in [2.75, 3.05) is 19.5 Å². The molecule has 23 heavy (non-hydrogen) atoms. The first-order chi connectivity index (χ1) is 11.1. The SMILES string of the molecule is COC(=O)C(=N)c1cccc(OC)c1NCc1ccc(F)cc1. The maximum atomic E-state index is 12.9. The number of esters is 1. The van der Waals surface area contributed by atoms with Crippen LogP contribution in [0.4, 0.5) is 10.1 Å². The fourth-order valence-electron chi connectivity index (χ4n) is 2.10. The molecule has 2 aromatic carbocycles. The molecule has 2 rings (SSSR count). The molecule has 0 spiro atoms. The average Bonchev–Trinajstić information content (AvgIpc) is 2.59. The van der Waals surface area contributed by atoms with Crippen molar-refractivity contribution in [3.8, 4) is 5.75 Å². The first-order valence-electron chi connectivity index (χ1n) is 6.89. The molecule has 0 aromatic heterocycles. The topological polar surface area (TPSA) is 71.4 Å². The van der Waals surface area contributed by atoms with Crippen LogP contribution in [0.3, 0.4) is 0 Å². The minimum absolute atomic E-state index is 0.270. The summed E-state index contributed by atoms with van der Waals surface area (Å²) in [5.74, 6) is -0.541. The van der Waals surface area contributed by atoms with Gasteiger partial charge < -0.3 is 14.8 Å². The summed E-state index contributed by atoms with van der Waals surface area (Å²) in [4.78, 5) is 11.6. The fourth-order valence-corrected chi connectivity index (χ4v) is 2.10. The number of ether oxygens (including phenoxy) is 2. The van der Waals surface area contributed by atoms with E-state index in [4.69, 9.17) is 10.1 Å². The van der Waals surface area contributed by atoms with Gasteiger partial charge in [0.25, 0.3) is 0 Å². The molecule has 2 N–H and O–H groups in total. The Hall–Kier alpha value is -2.89. The van der Waals surface area contributed by atoms with E-state index in [2.05, 4.69) is 10.1 Å². The Bertz CT molecular complexity index is 714. The fraction of sp³-hybridized carbons (Fsp3) is 0.176. The van der Waals surface area contributed by atoms with E-state index in [-0.39, 0.29) is 11.5 Å². The maximum Gasteiger partial charge on any atom is 0.356 e. The van der Waals surface area contributed by atoms with Crippen molar-refractivity contribution < 1.29 is 18.7 Å². The first-order valence-corrected chi connectivity index (χ1v) is 6.89. The third-order valence-corrected chi connectivity index (χ3v) is 3.29. The predicted octanol–water partition coefficient (Wildman–Crippen LogP) is 2.99. The van der Waals surface area contributed by atoms with Gasteiger partial charge in [-0.1, -0.05) is 24.3 Å². The second kappa shape index (κ2) is 7.40. The molecule has 0 aliphatic heterocycles. The van der Waals surface area contributed by atoms with Crippen LogP contribution in [0.5, 0.6) is 5.75 Å². The molecule has 0 aliphatic carbocycles. The molecule has 0 heterocycles. The predicted molar refractivity (Wildman–Crippen MR) is 85.6 cm³/mol. The summed E-state index contributed by atoms with van der Waals surface area (Å²) in [7, 11) is 2.73. The number of carbonyl (C=O) groups is 1. The second-order valence-corrected chi connectivity index (χ2v) is 4.73. The lowest BCUT2D eigenvalue weighted by Gasteiger charge is -2.16. The Morgan fingerprint density at radius 3 is 2.48 bits per heavy atom. The molecule has 0 fully saturated rings. The van der Waals surface area contributed by atoms with Gasteiger partial charge in [0.1, 0.15) is 17.3 Å². The van der Waals surface area contributed by atoms with Gasteiger partial charge in [0.15, 0.2) is 0 Å². The quantitative estimate of drug-likeness (QED) is 0.635. The summed E-state index contributed by atoms with van der Waals surface area (Å²) >= 11 is 0. The lowest BCUT2D eigenvalue weighted by atomic mass is 10.1. The van der Waals surface area contributed by atoms with Crippen LogP contribution in [0, 0.1) is 11.2 Å². The average molecular weight is 316 g/mol.